The minimum Gasteiger partial charge on any atom is -0.468 e. The Morgan fingerprint density at radius 2 is 2.05 bits per heavy atom. The number of nitrogens with zero attached hydrogens (tertiary/aromatic N) is 1. The molecule has 1 aliphatic rings. The van der Waals surface area contributed by atoms with Gasteiger partial charge in [0.2, 0.25) is 0 Å². The van der Waals surface area contributed by atoms with Gasteiger partial charge in [-0.25, -0.2) is 0 Å². The number of furan rings is 1. The lowest BCUT2D eigenvalue weighted by atomic mass is 9.99. The third-order valence-corrected chi connectivity index (χ3v) is 4.11. The first kappa shape index (κ1) is 13.4. The van der Waals surface area contributed by atoms with Gasteiger partial charge in [0.05, 0.1) is 12.8 Å². The SMILES string of the molecule is Cc1ccccc1C(CN)N(Cc1ccco1)C1CC1. The molecule has 2 aromatic rings. The summed E-state index contributed by atoms with van der Waals surface area (Å²) in [7, 11) is 0. The highest BCUT2D eigenvalue weighted by Crippen LogP contribution is 2.36. The summed E-state index contributed by atoms with van der Waals surface area (Å²) in [6.07, 6.45) is 4.28. The summed E-state index contributed by atoms with van der Waals surface area (Å²) in [6.45, 7) is 3.64. The number of aryl methyl sites for hydroxylation is 1. The van der Waals surface area contributed by atoms with Crippen molar-refractivity contribution in [2.75, 3.05) is 6.54 Å². The van der Waals surface area contributed by atoms with Crippen molar-refractivity contribution in [3.05, 3.63) is 59.5 Å². The minimum atomic E-state index is 0.272. The molecule has 0 aliphatic heterocycles. The molecule has 3 heteroatoms. The van der Waals surface area contributed by atoms with Crippen LogP contribution in [0.25, 0.3) is 0 Å². The molecule has 1 aromatic heterocycles. The van der Waals surface area contributed by atoms with Gasteiger partial charge in [-0.05, 0) is 43.0 Å². The Morgan fingerprint density at radius 3 is 2.65 bits per heavy atom. The van der Waals surface area contributed by atoms with Crippen molar-refractivity contribution in [1.29, 1.82) is 0 Å². The fourth-order valence-corrected chi connectivity index (χ4v) is 2.88. The van der Waals surface area contributed by atoms with E-state index in [9.17, 15) is 0 Å². The third-order valence-electron chi connectivity index (χ3n) is 4.11. The highest BCUT2D eigenvalue weighted by molar-refractivity contribution is 5.29. The summed E-state index contributed by atoms with van der Waals surface area (Å²) >= 11 is 0. The van der Waals surface area contributed by atoms with Gasteiger partial charge in [0.25, 0.3) is 0 Å². The normalized spacial score (nSPS) is 16.6. The molecular weight excluding hydrogens is 248 g/mol. The van der Waals surface area contributed by atoms with Gasteiger partial charge < -0.3 is 10.2 Å². The van der Waals surface area contributed by atoms with Crippen molar-refractivity contribution in [1.82, 2.24) is 4.90 Å². The van der Waals surface area contributed by atoms with Gasteiger partial charge in [-0.15, -0.1) is 0 Å². The second-order valence-corrected chi connectivity index (χ2v) is 5.59. The van der Waals surface area contributed by atoms with Crippen LogP contribution < -0.4 is 5.73 Å². The topological polar surface area (TPSA) is 42.4 Å². The van der Waals surface area contributed by atoms with E-state index >= 15 is 0 Å². The smallest absolute Gasteiger partial charge is 0.117 e. The van der Waals surface area contributed by atoms with Crippen molar-refractivity contribution in [3.63, 3.8) is 0 Å². The molecule has 0 spiro atoms. The Bertz CT molecular complexity index is 546. The van der Waals surface area contributed by atoms with Crippen LogP contribution in [0, 0.1) is 6.92 Å². The zero-order chi connectivity index (χ0) is 13.9. The fourth-order valence-electron chi connectivity index (χ4n) is 2.88. The van der Waals surface area contributed by atoms with Gasteiger partial charge in [0.15, 0.2) is 0 Å². The van der Waals surface area contributed by atoms with E-state index in [0.717, 1.165) is 12.3 Å². The lowest BCUT2D eigenvalue weighted by Gasteiger charge is -2.31. The molecule has 2 N–H and O–H groups in total. The molecule has 106 valence electrons. The Morgan fingerprint density at radius 1 is 1.25 bits per heavy atom. The van der Waals surface area contributed by atoms with Gasteiger partial charge in [-0.2, -0.15) is 0 Å². The number of benzene rings is 1. The maximum Gasteiger partial charge on any atom is 0.117 e. The quantitative estimate of drug-likeness (QED) is 0.876. The largest absolute Gasteiger partial charge is 0.468 e. The van der Waals surface area contributed by atoms with Gasteiger partial charge in [-0.1, -0.05) is 24.3 Å². The third kappa shape index (κ3) is 2.79. The molecule has 3 rings (SSSR count). The van der Waals surface area contributed by atoms with Crippen LogP contribution >= 0.6 is 0 Å². The van der Waals surface area contributed by atoms with Gasteiger partial charge in [0, 0.05) is 18.6 Å². The number of nitrogens with two attached hydrogens (primary N) is 1. The fraction of sp³-hybridized carbons (Fsp3) is 0.412. The Kier molecular flexibility index (Phi) is 3.90. The van der Waals surface area contributed by atoms with Crippen molar-refractivity contribution in [2.24, 2.45) is 5.73 Å². The monoisotopic (exact) mass is 270 g/mol. The molecule has 0 bridgehead atoms. The zero-order valence-electron chi connectivity index (χ0n) is 12.0. The van der Waals surface area contributed by atoms with Crippen molar-refractivity contribution >= 4 is 0 Å². The van der Waals surface area contributed by atoms with Gasteiger partial charge >= 0.3 is 0 Å². The molecule has 1 aliphatic carbocycles. The summed E-state index contributed by atoms with van der Waals surface area (Å²) in [5.74, 6) is 1.02. The Labute approximate surface area is 120 Å². The van der Waals surface area contributed by atoms with E-state index in [1.165, 1.54) is 24.0 Å². The van der Waals surface area contributed by atoms with Crippen LogP contribution in [0.1, 0.15) is 35.8 Å². The maximum atomic E-state index is 6.10. The highest BCUT2D eigenvalue weighted by atomic mass is 16.3. The first-order chi connectivity index (χ1) is 9.79. The van der Waals surface area contributed by atoms with Crippen LogP contribution in [0.4, 0.5) is 0 Å². The molecule has 1 unspecified atom stereocenters. The second kappa shape index (κ2) is 5.81. The van der Waals surface area contributed by atoms with E-state index < -0.39 is 0 Å². The van der Waals surface area contributed by atoms with Crippen LogP contribution in [-0.4, -0.2) is 17.5 Å². The van der Waals surface area contributed by atoms with E-state index in [2.05, 4.69) is 36.1 Å². The molecule has 1 fully saturated rings. The molecule has 0 amide bonds. The van der Waals surface area contributed by atoms with E-state index in [4.69, 9.17) is 10.2 Å². The van der Waals surface area contributed by atoms with Crippen LogP contribution in [0.15, 0.2) is 47.1 Å². The maximum absolute atomic E-state index is 6.10. The summed E-state index contributed by atoms with van der Waals surface area (Å²) in [5.41, 5.74) is 8.75. The van der Waals surface area contributed by atoms with E-state index in [1.807, 2.05) is 12.1 Å². The molecular formula is C17H22N2O. The predicted octanol–water partition coefficient (Wildman–Crippen LogP) is 3.25. The highest BCUT2D eigenvalue weighted by Gasteiger charge is 2.34. The van der Waals surface area contributed by atoms with Crippen molar-refractivity contribution in [2.45, 2.75) is 38.4 Å². The average Bonchev–Trinajstić information content (AvgIpc) is 3.18. The van der Waals surface area contributed by atoms with Crippen LogP contribution in [0.2, 0.25) is 0 Å². The number of rotatable bonds is 6. The summed E-state index contributed by atoms with van der Waals surface area (Å²) in [4.78, 5) is 2.50. The zero-order valence-corrected chi connectivity index (χ0v) is 12.0. The van der Waals surface area contributed by atoms with Crippen LogP contribution in [-0.2, 0) is 6.54 Å². The summed E-state index contributed by atoms with van der Waals surface area (Å²) in [5, 5.41) is 0. The Balaban J connectivity index is 1.86. The first-order valence-electron chi connectivity index (χ1n) is 7.33. The van der Waals surface area contributed by atoms with Crippen molar-refractivity contribution in [3.8, 4) is 0 Å². The van der Waals surface area contributed by atoms with Gasteiger partial charge in [0.1, 0.15) is 5.76 Å². The van der Waals surface area contributed by atoms with Crippen LogP contribution in [0.5, 0.6) is 0 Å². The second-order valence-electron chi connectivity index (χ2n) is 5.59. The van der Waals surface area contributed by atoms with Crippen LogP contribution in [0.3, 0.4) is 0 Å². The average molecular weight is 270 g/mol. The number of hydrogen-bond acceptors (Lipinski definition) is 3. The summed E-state index contributed by atoms with van der Waals surface area (Å²) < 4.78 is 5.52. The minimum absolute atomic E-state index is 0.272. The molecule has 0 saturated heterocycles. The summed E-state index contributed by atoms with van der Waals surface area (Å²) in [6, 6.07) is 13.5. The number of hydrogen-bond donors (Lipinski definition) is 1. The molecule has 1 saturated carbocycles. The van der Waals surface area contributed by atoms with Crippen molar-refractivity contribution < 1.29 is 4.42 Å². The molecule has 1 aromatic carbocycles. The van der Waals surface area contributed by atoms with E-state index in [1.54, 1.807) is 6.26 Å². The standard InChI is InChI=1S/C17H22N2O/c1-13-5-2-3-7-16(13)17(11-18)19(14-8-9-14)12-15-6-4-10-20-15/h2-7,10,14,17H,8-9,11-12,18H2,1H3. The lowest BCUT2D eigenvalue weighted by Crippen LogP contribution is -2.35. The Hall–Kier alpha value is -1.58. The lowest BCUT2D eigenvalue weighted by molar-refractivity contribution is 0.167. The molecule has 0 radical (unpaired) electrons. The molecule has 1 atom stereocenters. The predicted molar refractivity (Wildman–Crippen MR) is 80.2 cm³/mol. The first-order valence-corrected chi connectivity index (χ1v) is 7.33. The van der Waals surface area contributed by atoms with E-state index in [0.29, 0.717) is 12.6 Å². The molecule has 3 nitrogen and oxygen atoms in total. The van der Waals surface area contributed by atoms with Gasteiger partial charge in [-0.3, -0.25) is 4.90 Å². The van der Waals surface area contributed by atoms with E-state index in [-0.39, 0.29) is 6.04 Å². The molecule has 1 heterocycles. The molecule has 20 heavy (non-hydrogen) atoms.